The number of ether oxygens (including phenoxy) is 1. The predicted octanol–water partition coefficient (Wildman–Crippen LogP) is 2.31. The van der Waals surface area contributed by atoms with Gasteiger partial charge in [0.05, 0.1) is 12.7 Å². The minimum atomic E-state index is -0.969. The first kappa shape index (κ1) is 17.0. The van der Waals surface area contributed by atoms with Gasteiger partial charge in [0.1, 0.15) is 5.75 Å². The van der Waals surface area contributed by atoms with E-state index in [1.807, 2.05) is 24.3 Å². The molecule has 25 heavy (non-hydrogen) atoms. The number of amides is 1. The van der Waals surface area contributed by atoms with E-state index in [2.05, 4.69) is 4.98 Å². The van der Waals surface area contributed by atoms with Gasteiger partial charge in [0, 0.05) is 31.9 Å². The second-order valence-electron chi connectivity index (χ2n) is 6.04. The summed E-state index contributed by atoms with van der Waals surface area (Å²) >= 11 is 0. The number of benzene rings is 1. The molecule has 0 unspecified atom stereocenters. The summed E-state index contributed by atoms with van der Waals surface area (Å²) in [6.07, 6.45) is 4.67. The van der Waals surface area contributed by atoms with Crippen LogP contribution in [0.5, 0.6) is 5.75 Å². The molecule has 1 N–H and O–H groups in total. The van der Waals surface area contributed by atoms with Gasteiger partial charge in [-0.3, -0.25) is 9.78 Å². The van der Waals surface area contributed by atoms with Gasteiger partial charge in [-0.15, -0.1) is 0 Å². The second kappa shape index (κ2) is 7.34. The van der Waals surface area contributed by atoms with Crippen LogP contribution in [0.15, 0.2) is 36.7 Å². The van der Waals surface area contributed by atoms with Crippen LogP contribution in [-0.4, -0.2) is 40.5 Å². The number of nitrogens with zero attached hydrogens (tertiary/aromatic N) is 2. The quantitative estimate of drug-likeness (QED) is 0.903. The Morgan fingerprint density at radius 2 is 2.00 bits per heavy atom. The summed E-state index contributed by atoms with van der Waals surface area (Å²) in [6.45, 7) is 0.962. The molecule has 2 heterocycles. The predicted molar refractivity (Wildman–Crippen MR) is 91.6 cm³/mol. The highest BCUT2D eigenvalue weighted by Gasteiger charge is 2.24. The SMILES string of the molecule is COc1ccc(CCC(=O)N2CCc3c(cncc3C(=O)O)C2)cc1. The van der Waals surface area contributed by atoms with E-state index in [1.54, 1.807) is 18.2 Å². The fourth-order valence-electron chi connectivity index (χ4n) is 3.09. The van der Waals surface area contributed by atoms with Crippen LogP contribution in [0.1, 0.15) is 33.5 Å². The third-order valence-electron chi connectivity index (χ3n) is 4.51. The van der Waals surface area contributed by atoms with E-state index >= 15 is 0 Å². The Balaban J connectivity index is 1.62. The second-order valence-corrected chi connectivity index (χ2v) is 6.04. The molecule has 0 radical (unpaired) electrons. The van der Waals surface area contributed by atoms with E-state index < -0.39 is 5.97 Å². The van der Waals surface area contributed by atoms with Gasteiger partial charge in [0.2, 0.25) is 5.91 Å². The lowest BCUT2D eigenvalue weighted by atomic mass is 9.96. The highest BCUT2D eigenvalue weighted by atomic mass is 16.5. The summed E-state index contributed by atoms with van der Waals surface area (Å²) in [5.74, 6) is -0.102. The van der Waals surface area contributed by atoms with Crippen LogP contribution >= 0.6 is 0 Å². The van der Waals surface area contributed by atoms with Crippen molar-refractivity contribution in [2.24, 2.45) is 0 Å². The summed E-state index contributed by atoms with van der Waals surface area (Å²) in [5, 5.41) is 9.23. The minimum Gasteiger partial charge on any atom is -0.497 e. The third-order valence-corrected chi connectivity index (χ3v) is 4.51. The van der Waals surface area contributed by atoms with E-state index in [-0.39, 0.29) is 11.5 Å². The number of hydrogen-bond acceptors (Lipinski definition) is 4. The number of carbonyl (C=O) groups excluding carboxylic acids is 1. The first-order valence-electron chi connectivity index (χ1n) is 8.18. The van der Waals surface area contributed by atoms with Gasteiger partial charge in [-0.1, -0.05) is 12.1 Å². The maximum Gasteiger partial charge on any atom is 0.337 e. The number of rotatable bonds is 5. The van der Waals surface area contributed by atoms with Crippen molar-refractivity contribution in [2.45, 2.75) is 25.8 Å². The Morgan fingerprint density at radius 3 is 2.68 bits per heavy atom. The van der Waals surface area contributed by atoms with Crippen LogP contribution in [0, 0.1) is 0 Å². The Morgan fingerprint density at radius 1 is 1.24 bits per heavy atom. The molecular weight excluding hydrogens is 320 g/mol. The molecule has 0 saturated carbocycles. The Labute approximate surface area is 146 Å². The molecular formula is C19H20N2O4. The molecule has 1 aliphatic rings. The van der Waals surface area contributed by atoms with Gasteiger partial charge in [-0.05, 0) is 41.7 Å². The number of pyridine rings is 1. The molecule has 2 aromatic rings. The zero-order chi connectivity index (χ0) is 17.8. The van der Waals surface area contributed by atoms with Gasteiger partial charge < -0.3 is 14.7 Å². The van der Waals surface area contributed by atoms with Gasteiger partial charge in [0.15, 0.2) is 0 Å². The number of hydrogen-bond donors (Lipinski definition) is 1. The summed E-state index contributed by atoms with van der Waals surface area (Å²) in [4.78, 5) is 29.5. The largest absolute Gasteiger partial charge is 0.497 e. The average molecular weight is 340 g/mol. The highest BCUT2D eigenvalue weighted by molar-refractivity contribution is 5.89. The molecule has 0 aliphatic carbocycles. The van der Waals surface area contributed by atoms with Crippen molar-refractivity contribution >= 4 is 11.9 Å². The highest BCUT2D eigenvalue weighted by Crippen LogP contribution is 2.22. The van der Waals surface area contributed by atoms with Crippen LogP contribution in [0.4, 0.5) is 0 Å². The molecule has 3 rings (SSSR count). The normalized spacial score (nSPS) is 13.2. The van der Waals surface area contributed by atoms with Crippen molar-refractivity contribution in [2.75, 3.05) is 13.7 Å². The van der Waals surface area contributed by atoms with Crippen LogP contribution in [-0.2, 0) is 24.2 Å². The first-order valence-corrected chi connectivity index (χ1v) is 8.18. The number of fused-ring (bicyclic) bond motifs is 1. The maximum atomic E-state index is 12.5. The summed E-state index contributed by atoms with van der Waals surface area (Å²) in [7, 11) is 1.62. The summed E-state index contributed by atoms with van der Waals surface area (Å²) in [5.41, 5.74) is 2.94. The van der Waals surface area contributed by atoms with E-state index in [9.17, 15) is 14.7 Å². The van der Waals surface area contributed by atoms with Crippen LogP contribution in [0.3, 0.4) is 0 Å². The fraction of sp³-hybridized carbons (Fsp3) is 0.316. The van der Waals surface area contributed by atoms with Gasteiger partial charge in [0.25, 0.3) is 0 Å². The van der Waals surface area contributed by atoms with Crippen molar-refractivity contribution < 1.29 is 19.4 Å². The van der Waals surface area contributed by atoms with E-state index in [4.69, 9.17) is 4.74 Å². The maximum absolute atomic E-state index is 12.5. The van der Waals surface area contributed by atoms with Crippen molar-refractivity contribution in [3.05, 3.63) is 58.9 Å². The monoisotopic (exact) mass is 340 g/mol. The Hall–Kier alpha value is -2.89. The average Bonchev–Trinajstić information content (AvgIpc) is 2.65. The van der Waals surface area contributed by atoms with Gasteiger partial charge >= 0.3 is 5.97 Å². The van der Waals surface area contributed by atoms with Gasteiger partial charge in [-0.2, -0.15) is 0 Å². The molecule has 1 amide bonds. The zero-order valence-electron chi connectivity index (χ0n) is 14.1. The number of methoxy groups -OCH3 is 1. The fourth-order valence-corrected chi connectivity index (χ4v) is 3.09. The lowest BCUT2D eigenvalue weighted by Gasteiger charge is -2.29. The van der Waals surface area contributed by atoms with E-state index in [0.717, 1.165) is 22.4 Å². The van der Waals surface area contributed by atoms with Crippen LogP contribution < -0.4 is 4.74 Å². The number of aryl methyl sites for hydroxylation is 1. The number of carboxylic acid groups (broad SMARTS) is 1. The molecule has 1 aromatic carbocycles. The summed E-state index contributed by atoms with van der Waals surface area (Å²) < 4.78 is 5.13. The van der Waals surface area contributed by atoms with E-state index in [0.29, 0.717) is 32.4 Å². The van der Waals surface area contributed by atoms with E-state index in [1.165, 1.54) is 6.20 Å². The lowest BCUT2D eigenvalue weighted by molar-refractivity contribution is -0.132. The van der Waals surface area contributed by atoms with Crippen molar-refractivity contribution in [1.29, 1.82) is 0 Å². The Kier molecular flexibility index (Phi) is 4.97. The molecule has 6 heteroatoms. The molecule has 130 valence electrons. The molecule has 0 spiro atoms. The molecule has 0 saturated heterocycles. The molecule has 1 aromatic heterocycles. The van der Waals surface area contributed by atoms with Crippen molar-refractivity contribution in [3.63, 3.8) is 0 Å². The smallest absolute Gasteiger partial charge is 0.337 e. The number of carboxylic acids is 1. The topological polar surface area (TPSA) is 79.7 Å². The molecule has 6 nitrogen and oxygen atoms in total. The zero-order valence-corrected chi connectivity index (χ0v) is 14.1. The Bertz CT molecular complexity index is 787. The van der Waals surface area contributed by atoms with Crippen LogP contribution in [0.2, 0.25) is 0 Å². The number of carbonyl (C=O) groups is 2. The molecule has 0 bridgehead atoms. The lowest BCUT2D eigenvalue weighted by Crippen LogP contribution is -2.36. The number of aromatic nitrogens is 1. The molecule has 0 atom stereocenters. The first-order chi connectivity index (χ1) is 12.1. The van der Waals surface area contributed by atoms with Crippen molar-refractivity contribution in [3.8, 4) is 5.75 Å². The third kappa shape index (κ3) is 3.79. The number of aromatic carboxylic acids is 1. The molecule has 1 aliphatic heterocycles. The standard InChI is InChI=1S/C19H20N2O4/c1-25-15-5-2-13(3-6-15)4-7-18(22)21-9-8-16-14(12-21)10-20-11-17(16)19(23)24/h2-3,5-6,10-11H,4,7-9,12H2,1H3,(H,23,24). The van der Waals surface area contributed by atoms with Crippen molar-refractivity contribution in [1.82, 2.24) is 9.88 Å². The summed E-state index contributed by atoms with van der Waals surface area (Å²) in [6, 6.07) is 7.69. The molecule has 0 fully saturated rings. The minimum absolute atomic E-state index is 0.0715. The van der Waals surface area contributed by atoms with Crippen LogP contribution in [0.25, 0.3) is 0 Å². The van der Waals surface area contributed by atoms with Gasteiger partial charge in [-0.25, -0.2) is 4.79 Å².